The molecule has 0 aromatic carbocycles. The Balaban J connectivity index is 0.000000380. The number of carbonyl (C=O) groups excluding carboxylic acids is 1. The van der Waals surface area contributed by atoms with E-state index < -0.39 is 89.4 Å². The molecule has 0 amide bonds. The maximum absolute atomic E-state index is 13.2. The maximum Gasteiger partial charge on any atom is 0.310 e. The highest BCUT2D eigenvalue weighted by molar-refractivity contribution is 7.93. The number of rotatable bonds is 6. The Morgan fingerprint density at radius 3 is 1.39 bits per heavy atom. The monoisotopic (exact) mass is 593 g/mol. The number of carbonyl (C=O) groups is 1. The van der Waals surface area contributed by atoms with E-state index in [0.717, 1.165) is 0 Å². The lowest BCUT2D eigenvalue weighted by Gasteiger charge is -2.37. The summed E-state index contributed by atoms with van der Waals surface area (Å²) in [6, 6.07) is 0. The van der Waals surface area contributed by atoms with E-state index in [2.05, 4.69) is 4.99 Å². The molecule has 0 unspecified atom stereocenters. The van der Waals surface area contributed by atoms with Crippen LogP contribution in [0.1, 0.15) is 92.9 Å². The molecular formula is C24H39F4NO7S2. The number of halogens is 4. The Morgan fingerprint density at radius 2 is 1.08 bits per heavy atom. The highest BCUT2D eigenvalue weighted by atomic mass is 32.2. The molecule has 2 aliphatic carbocycles. The normalized spacial score (nSPS) is 22.8. The largest absolute Gasteiger partial charge is 0.481 e. The lowest BCUT2D eigenvalue weighted by atomic mass is 9.74. The first kappa shape index (κ1) is 34.5. The number of carboxylic acids is 1. The highest BCUT2D eigenvalue weighted by Crippen LogP contribution is 2.46. The van der Waals surface area contributed by atoms with Gasteiger partial charge < -0.3 is 5.11 Å². The van der Waals surface area contributed by atoms with Crippen LogP contribution < -0.4 is 0 Å². The Hall–Kier alpha value is -1.53. The molecule has 38 heavy (non-hydrogen) atoms. The topological polar surface area (TPSA) is 135 Å². The van der Waals surface area contributed by atoms with Crippen LogP contribution in [0.3, 0.4) is 0 Å². The van der Waals surface area contributed by atoms with Gasteiger partial charge in [0.2, 0.25) is 17.9 Å². The van der Waals surface area contributed by atoms with Crippen LogP contribution in [0.4, 0.5) is 17.6 Å². The van der Waals surface area contributed by atoms with Crippen molar-refractivity contribution in [1.29, 1.82) is 0 Å². The van der Waals surface area contributed by atoms with E-state index in [-0.39, 0.29) is 31.4 Å². The summed E-state index contributed by atoms with van der Waals surface area (Å²) in [6.45, 7) is 9.06. The number of nitrogens with zero attached hydrogens (tertiary/aromatic N) is 1. The maximum atomic E-state index is 13.2. The number of aliphatic carboxylic acids is 1. The van der Waals surface area contributed by atoms with Crippen LogP contribution in [0.2, 0.25) is 0 Å². The first-order valence-corrected chi connectivity index (χ1v) is 15.6. The standard InChI is InChI=1S/C12H19F2NO3S.C12H20F2O4S/c1-10(2,3)19(17,18)8-11(15-9-16)4-6-12(13,14)7-5-11;1-10(2,3)19(17,18)8-11(9(15)16)4-6-12(13,14)7-5-11/h4-8H2,1-3H3;4-8H2,1-3H3,(H,15,16). The number of aliphatic imine (C=N–C) groups is 1. The minimum atomic E-state index is -3.66. The second-order valence-corrected chi connectivity index (χ2v) is 18.0. The molecule has 2 saturated carbocycles. The summed E-state index contributed by atoms with van der Waals surface area (Å²) in [7, 11) is -7.20. The molecule has 0 aromatic rings. The lowest BCUT2D eigenvalue weighted by Crippen LogP contribution is -2.47. The predicted molar refractivity (Wildman–Crippen MR) is 135 cm³/mol. The van der Waals surface area contributed by atoms with Crippen molar-refractivity contribution in [3.05, 3.63) is 0 Å². The van der Waals surface area contributed by atoms with Gasteiger partial charge in [-0.05, 0) is 67.2 Å². The van der Waals surface area contributed by atoms with E-state index >= 15 is 0 Å². The molecule has 0 saturated heterocycles. The average Bonchev–Trinajstić information content (AvgIpc) is 2.71. The third-order valence-corrected chi connectivity index (χ3v) is 13.0. The van der Waals surface area contributed by atoms with E-state index in [0.29, 0.717) is 0 Å². The molecule has 0 heterocycles. The van der Waals surface area contributed by atoms with Gasteiger partial charge in [0.15, 0.2) is 19.7 Å². The number of sulfone groups is 2. The molecule has 0 aliphatic heterocycles. The third kappa shape index (κ3) is 8.74. The number of isocyanates is 1. The highest BCUT2D eigenvalue weighted by Gasteiger charge is 2.52. The van der Waals surface area contributed by atoms with Gasteiger partial charge >= 0.3 is 5.97 Å². The van der Waals surface area contributed by atoms with Crippen molar-refractivity contribution in [1.82, 2.24) is 0 Å². The Kier molecular flexibility index (Phi) is 10.1. The van der Waals surface area contributed by atoms with Crippen LogP contribution in [0.15, 0.2) is 4.99 Å². The fourth-order valence-electron chi connectivity index (χ4n) is 4.13. The summed E-state index contributed by atoms with van der Waals surface area (Å²) in [4.78, 5) is 25.4. The number of hydrogen-bond acceptors (Lipinski definition) is 7. The van der Waals surface area contributed by atoms with Crippen LogP contribution in [0.5, 0.6) is 0 Å². The molecule has 2 rings (SSSR count). The molecule has 8 nitrogen and oxygen atoms in total. The van der Waals surface area contributed by atoms with Crippen LogP contribution in [-0.4, -0.2) is 72.4 Å². The third-order valence-electron chi connectivity index (χ3n) is 7.38. The van der Waals surface area contributed by atoms with E-state index in [1.165, 1.54) is 47.6 Å². The Bertz CT molecular complexity index is 1040. The molecule has 0 aromatic heterocycles. The molecule has 222 valence electrons. The predicted octanol–water partition coefficient (Wildman–Crippen LogP) is 4.96. The number of alkyl halides is 4. The summed E-state index contributed by atoms with van der Waals surface area (Å²) < 4.78 is 99.2. The van der Waals surface area contributed by atoms with Crippen LogP contribution in [0, 0.1) is 5.41 Å². The molecule has 0 atom stereocenters. The average molecular weight is 594 g/mol. The summed E-state index contributed by atoms with van der Waals surface area (Å²) in [5.74, 6) is -7.93. The van der Waals surface area contributed by atoms with Gasteiger partial charge in [-0.1, -0.05) is 0 Å². The first-order chi connectivity index (χ1) is 16.7. The number of hydrogen-bond donors (Lipinski definition) is 1. The van der Waals surface area contributed by atoms with Gasteiger partial charge in [0.25, 0.3) is 0 Å². The van der Waals surface area contributed by atoms with Crippen molar-refractivity contribution in [2.45, 2.75) is 120 Å². The minimum Gasteiger partial charge on any atom is -0.481 e. The van der Waals surface area contributed by atoms with Crippen LogP contribution in [0.25, 0.3) is 0 Å². The summed E-state index contributed by atoms with van der Waals surface area (Å²) in [5.41, 5.74) is -2.82. The van der Waals surface area contributed by atoms with E-state index in [1.807, 2.05) is 0 Å². The quantitative estimate of drug-likeness (QED) is 0.261. The van der Waals surface area contributed by atoms with Gasteiger partial charge in [0.1, 0.15) is 0 Å². The zero-order chi connectivity index (χ0) is 30.1. The van der Waals surface area contributed by atoms with Gasteiger partial charge in [-0.2, -0.15) is 4.99 Å². The zero-order valence-corrected chi connectivity index (χ0v) is 24.4. The molecule has 2 aliphatic rings. The molecular weight excluding hydrogens is 554 g/mol. The second kappa shape index (κ2) is 11.2. The van der Waals surface area contributed by atoms with Crippen molar-refractivity contribution in [3.8, 4) is 0 Å². The van der Waals surface area contributed by atoms with E-state index in [4.69, 9.17) is 0 Å². The molecule has 1 N–H and O–H groups in total. The van der Waals surface area contributed by atoms with Crippen LogP contribution >= 0.6 is 0 Å². The van der Waals surface area contributed by atoms with Gasteiger partial charge in [-0.15, -0.1) is 0 Å². The fraction of sp³-hybridized carbons (Fsp3) is 0.917. The Labute approximate surface area is 222 Å². The van der Waals surface area contributed by atoms with Crippen molar-refractivity contribution in [3.63, 3.8) is 0 Å². The van der Waals surface area contributed by atoms with E-state index in [9.17, 15) is 49.1 Å². The van der Waals surface area contributed by atoms with Crippen molar-refractivity contribution in [2.75, 3.05) is 11.5 Å². The van der Waals surface area contributed by atoms with Gasteiger partial charge in [-0.25, -0.2) is 39.2 Å². The smallest absolute Gasteiger partial charge is 0.310 e. The lowest BCUT2D eigenvalue weighted by molar-refractivity contribution is -0.154. The summed E-state index contributed by atoms with van der Waals surface area (Å²) in [6.07, 6.45) is -1.50. The molecule has 0 spiro atoms. The minimum absolute atomic E-state index is 0.107. The van der Waals surface area contributed by atoms with Gasteiger partial charge in [0, 0.05) is 25.7 Å². The SMILES string of the molecule is CC(C)(C)S(=O)(=O)CC1(C(=O)O)CCC(F)(F)CC1.CC(C)(C)S(=O)(=O)CC1(N=C=O)CCC(F)(F)CC1. The molecule has 2 fully saturated rings. The second-order valence-electron chi connectivity index (χ2n) is 12.5. The van der Waals surface area contributed by atoms with Crippen molar-refractivity contribution >= 4 is 31.7 Å². The first-order valence-electron chi connectivity index (χ1n) is 12.3. The van der Waals surface area contributed by atoms with Crippen LogP contribution in [-0.2, 0) is 29.3 Å². The Morgan fingerprint density at radius 1 is 0.737 bits per heavy atom. The fourth-order valence-corrected chi connectivity index (χ4v) is 7.20. The van der Waals surface area contributed by atoms with Gasteiger partial charge in [0.05, 0.1) is 32.0 Å². The van der Waals surface area contributed by atoms with Crippen molar-refractivity contribution < 1.29 is 49.1 Å². The van der Waals surface area contributed by atoms with Gasteiger partial charge in [-0.3, -0.25) is 4.79 Å². The molecule has 14 heteroatoms. The number of carboxylic acid groups (broad SMARTS) is 1. The summed E-state index contributed by atoms with van der Waals surface area (Å²) in [5, 5.41) is 9.28. The van der Waals surface area contributed by atoms with Crippen molar-refractivity contribution in [2.24, 2.45) is 10.4 Å². The molecule has 0 bridgehead atoms. The van der Waals surface area contributed by atoms with E-state index in [1.54, 1.807) is 0 Å². The molecule has 0 radical (unpaired) electrons. The zero-order valence-electron chi connectivity index (χ0n) is 22.7. The summed E-state index contributed by atoms with van der Waals surface area (Å²) >= 11 is 0.